The maximum atomic E-state index is 12.2. The average Bonchev–Trinajstić information content (AvgIpc) is 2.99. The second-order valence-electron chi connectivity index (χ2n) is 4.33. The van der Waals surface area contributed by atoms with Gasteiger partial charge in [0.25, 0.3) is 5.91 Å². The van der Waals surface area contributed by atoms with E-state index in [0.717, 1.165) is 10.1 Å². The molecule has 6 nitrogen and oxygen atoms in total. The van der Waals surface area contributed by atoms with Gasteiger partial charge in [-0.3, -0.25) is 10.1 Å². The first-order valence-electron chi connectivity index (χ1n) is 6.53. The predicted octanol–water partition coefficient (Wildman–Crippen LogP) is 2.59. The Labute approximate surface area is 135 Å². The van der Waals surface area contributed by atoms with Crippen LogP contribution in [0.1, 0.15) is 0 Å². The number of carbonyl (C=O) groups is 1. The van der Waals surface area contributed by atoms with Crippen LogP contribution in [0, 0.1) is 0 Å². The molecular weight excluding hydrogens is 322 g/mol. The van der Waals surface area contributed by atoms with Crippen molar-refractivity contribution in [2.45, 2.75) is 10.4 Å². The molecule has 0 unspecified atom stereocenters. The Kier molecular flexibility index (Phi) is 4.59. The molecule has 0 saturated heterocycles. The van der Waals surface area contributed by atoms with Crippen LogP contribution in [0.3, 0.4) is 0 Å². The molecule has 1 aliphatic heterocycles. The first-order valence-corrected chi connectivity index (χ1v) is 8.33. The summed E-state index contributed by atoms with van der Waals surface area (Å²) >= 11 is 2.83. The van der Waals surface area contributed by atoms with E-state index >= 15 is 0 Å². The molecule has 2 heterocycles. The average molecular weight is 335 g/mol. The molecule has 22 heavy (non-hydrogen) atoms. The number of nitrogens with zero attached hydrogens (tertiary/aromatic N) is 2. The number of nitrogens with one attached hydrogen (secondary N) is 1. The van der Waals surface area contributed by atoms with Crippen LogP contribution in [0.2, 0.25) is 0 Å². The fraction of sp³-hybridized carbons (Fsp3) is 0.214. The Balaban J connectivity index is 1.61. The highest BCUT2D eigenvalue weighted by Crippen LogP contribution is 2.31. The van der Waals surface area contributed by atoms with Crippen molar-refractivity contribution in [2.75, 3.05) is 17.7 Å². The highest BCUT2D eigenvalue weighted by Gasteiger charge is 2.28. The van der Waals surface area contributed by atoms with E-state index in [-0.39, 0.29) is 12.5 Å². The van der Waals surface area contributed by atoms with Crippen LogP contribution in [-0.2, 0) is 4.79 Å². The predicted molar refractivity (Wildman–Crippen MR) is 85.8 cm³/mol. The number of hydrogen-bond acceptors (Lipinski definition) is 7. The summed E-state index contributed by atoms with van der Waals surface area (Å²) in [6.07, 6.45) is 1.08. The normalized spacial score (nSPS) is 16.1. The number of hydrogen-bond donors (Lipinski definition) is 1. The first-order chi connectivity index (χ1) is 10.8. The van der Waals surface area contributed by atoms with Gasteiger partial charge in [-0.1, -0.05) is 41.3 Å². The Morgan fingerprint density at radius 1 is 1.45 bits per heavy atom. The van der Waals surface area contributed by atoms with Crippen LogP contribution in [0.5, 0.6) is 11.5 Å². The molecule has 0 saturated carbocycles. The van der Waals surface area contributed by atoms with Crippen LogP contribution < -0.4 is 14.8 Å². The lowest BCUT2D eigenvalue weighted by Gasteiger charge is -2.25. The van der Waals surface area contributed by atoms with Gasteiger partial charge in [-0.2, -0.15) is 0 Å². The highest BCUT2D eigenvalue weighted by molar-refractivity contribution is 8.01. The zero-order valence-corrected chi connectivity index (χ0v) is 13.2. The van der Waals surface area contributed by atoms with E-state index in [0.29, 0.717) is 16.6 Å². The Hall–Kier alpha value is -2.06. The number of amides is 1. The summed E-state index contributed by atoms with van der Waals surface area (Å²) in [5, 5.41) is 11.1. The first kappa shape index (κ1) is 14.9. The number of thioether (sulfide) groups is 1. The number of anilines is 1. The minimum absolute atomic E-state index is 0.166. The summed E-state index contributed by atoms with van der Waals surface area (Å²) in [5.41, 5.74) is 0. The molecule has 1 aromatic carbocycles. The molecule has 114 valence electrons. The van der Waals surface area contributed by atoms with Crippen molar-refractivity contribution >= 4 is 34.1 Å². The zero-order valence-electron chi connectivity index (χ0n) is 11.5. The van der Waals surface area contributed by atoms with Crippen LogP contribution in [0.4, 0.5) is 5.13 Å². The van der Waals surface area contributed by atoms with E-state index in [1.807, 2.05) is 12.1 Å². The lowest BCUT2D eigenvalue weighted by molar-refractivity contribution is -0.125. The molecule has 8 heteroatoms. The van der Waals surface area contributed by atoms with Gasteiger partial charge in [0.15, 0.2) is 15.8 Å². The summed E-state index contributed by atoms with van der Waals surface area (Å²) in [7, 11) is 0. The van der Waals surface area contributed by atoms with Crippen molar-refractivity contribution in [2.24, 2.45) is 0 Å². The minimum atomic E-state index is -0.705. The van der Waals surface area contributed by atoms with Crippen LogP contribution in [0.25, 0.3) is 0 Å². The van der Waals surface area contributed by atoms with E-state index in [1.54, 1.807) is 18.2 Å². The molecule has 0 bridgehead atoms. The molecule has 1 aromatic heterocycles. The van der Waals surface area contributed by atoms with Gasteiger partial charge in [0.05, 0.1) is 0 Å². The molecule has 0 spiro atoms. The van der Waals surface area contributed by atoms with Gasteiger partial charge >= 0.3 is 0 Å². The lowest BCUT2D eigenvalue weighted by atomic mass is 10.2. The molecule has 1 aliphatic rings. The summed E-state index contributed by atoms with van der Waals surface area (Å²) in [4.78, 5) is 12.2. The summed E-state index contributed by atoms with van der Waals surface area (Å²) < 4.78 is 11.9. The molecule has 0 radical (unpaired) electrons. The van der Waals surface area contributed by atoms with Crippen LogP contribution in [0.15, 0.2) is 41.3 Å². The van der Waals surface area contributed by atoms with Crippen LogP contribution >= 0.6 is 23.1 Å². The second kappa shape index (κ2) is 6.80. The van der Waals surface area contributed by atoms with Gasteiger partial charge in [-0.25, -0.2) is 0 Å². The number of fused-ring (bicyclic) bond motifs is 1. The topological polar surface area (TPSA) is 73.3 Å². The molecule has 2 aromatic rings. The number of ether oxygens (including phenoxy) is 2. The van der Waals surface area contributed by atoms with E-state index in [1.165, 1.54) is 23.1 Å². The highest BCUT2D eigenvalue weighted by atomic mass is 32.2. The van der Waals surface area contributed by atoms with E-state index < -0.39 is 6.10 Å². The number of rotatable bonds is 5. The molecule has 1 N–H and O–H groups in total. The van der Waals surface area contributed by atoms with E-state index in [9.17, 15) is 4.79 Å². The van der Waals surface area contributed by atoms with Crippen LogP contribution in [-0.4, -0.2) is 34.6 Å². The number of para-hydroxylation sites is 2. The van der Waals surface area contributed by atoms with Crippen molar-refractivity contribution < 1.29 is 14.3 Å². The fourth-order valence-electron chi connectivity index (χ4n) is 1.78. The second-order valence-corrected chi connectivity index (χ2v) is 6.57. The third-order valence-electron chi connectivity index (χ3n) is 2.76. The van der Waals surface area contributed by atoms with Crippen molar-refractivity contribution in [1.29, 1.82) is 0 Å². The lowest BCUT2D eigenvalue weighted by Crippen LogP contribution is -2.40. The van der Waals surface area contributed by atoms with Crippen molar-refractivity contribution in [1.82, 2.24) is 10.2 Å². The Morgan fingerprint density at radius 2 is 2.27 bits per heavy atom. The molecule has 0 fully saturated rings. The molecule has 0 aliphatic carbocycles. The Morgan fingerprint density at radius 3 is 3.09 bits per heavy atom. The summed E-state index contributed by atoms with van der Waals surface area (Å²) in [6, 6.07) is 7.25. The number of carbonyl (C=O) groups excluding carboxylic acids is 1. The molecular formula is C14H13N3O3S2. The third kappa shape index (κ3) is 3.40. The van der Waals surface area contributed by atoms with Crippen molar-refractivity contribution in [3.05, 3.63) is 36.9 Å². The fourth-order valence-corrected chi connectivity index (χ4v) is 3.30. The monoisotopic (exact) mass is 335 g/mol. The minimum Gasteiger partial charge on any atom is -0.485 e. The summed E-state index contributed by atoms with van der Waals surface area (Å²) in [5.74, 6) is 1.66. The number of aromatic nitrogens is 2. The van der Waals surface area contributed by atoms with E-state index in [2.05, 4.69) is 22.1 Å². The summed E-state index contributed by atoms with van der Waals surface area (Å²) in [6.45, 7) is 3.81. The zero-order chi connectivity index (χ0) is 15.4. The van der Waals surface area contributed by atoms with Gasteiger partial charge < -0.3 is 9.47 Å². The number of benzene rings is 1. The SMILES string of the molecule is C=CCSc1nnc(NC(=O)[C@H]2COc3ccccc3O2)s1. The van der Waals surface area contributed by atoms with Crippen molar-refractivity contribution in [3.8, 4) is 11.5 Å². The molecule has 3 rings (SSSR count). The van der Waals surface area contributed by atoms with Gasteiger partial charge in [-0.05, 0) is 12.1 Å². The van der Waals surface area contributed by atoms with Gasteiger partial charge in [0.2, 0.25) is 11.2 Å². The smallest absolute Gasteiger partial charge is 0.270 e. The quantitative estimate of drug-likeness (QED) is 0.514. The maximum absolute atomic E-state index is 12.2. The van der Waals surface area contributed by atoms with Gasteiger partial charge in [0, 0.05) is 5.75 Å². The Bertz CT molecular complexity index is 689. The molecule has 1 amide bonds. The standard InChI is InChI=1S/C14H13N3O3S2/c1-2-7-21-14-17-16-13(22-14)15-12(18)11-8-19-9-5-3-4-6-10(9)20-11/h2-6,11H,1,7-8H2,(H,15,16,18)/t11-/m1/s1. The van der Waals surface area contributed by atoms with Gasteiger partial charge in [-0.15, -0.1) is 16.8 Å². The van der Waals surface area contributed by atoms with Gasteiger partial charge in [0.1, 0.15) is 6.61 Å². The third-order valence-corrected chi connectivity index (χ3v) is 4.73. The van der Waals surface area contributed by atoms with Crippen molar-refractivity contribution in [3.63, 3.8) is 0 Å². The maximum Gasteiger partial charge on any atom is 0.270 e. The largest absolute Gasteiger partial charge is 0.485 e. The van der Waals surface area contributed by atoms with E-state index in [4.69, 9.17) is 9.47 Å². The molecule has 1 atom stereocenters.